The van der Waals surface area contributed by atoms with Crippen molar-refractivity contribution in [1.29, 1.82) is 0 Å². The Morgan fingerprint density at radius 3 is 2.42 bits per heavy atom. The number of imide groups is 1. The number of nitrogens with zero attached hydrogens (tertiary/aromatic N) is 5. The van der Waals surface area contributed by atoms with E-state index in [9.17, 15) is 14.4 Å². The van der Waals surface area contributed by atoms with E-state index >= 15 is 0 Å². The minimum Gasteiger partial charge on any atom is -0.364 e. The smallest absolute Gasteiger partial charge is 0.328 e. The Morgan fingerprint density at radius 2 is 1.70 bits per heavy atom. The Kier molecular flexibility index (Phi) is 8.50. The molecule has 4 amide bonds. The highest BCUT2D eigenvalue weighted by Crippen LogP contribution is 2.32. The van der Waals surface area contributed by atoms with Crippen LogP contribution in [0.3, 0.4) is 0 Å². The molecular formula is C32H38N8O3. The van der Waals surface area contributed by atoms with Crippen molar-refractivity contribution in [2.45, 2.75) is 51.0 Å². The lowest BCUT2D eigenvalue weighted by atomic mass is 9.89. The molecule has 3 saturated heterocycles. The van der Waals surface area contributed by atoms with E-state index in [1.165, 1.54) is 12.0 Å². The summed E-state index contributed by atoms with van der Waals surface area (Å²) in [5, 5.41) is 5.70. The minimum absolute atomic E-state index is 0.133. The number of hydrogen-bond donors (Lipinski definition) is 3. The largest absolute Gasteiger partial charge is 0.364 e. The molecule has 1 aromatic heterocycles. The van der Waals surface area contributed by atoms with E-state index in [2.05, 4.69) is 43.6 Å². The van der Waals surface area contributed by atoms with Crippen LogP contribution in [-0.4, -0.2) is 65.4 Å². The topological polar surface area (TPSA) is 137 Å². The highest BCUT2D eigenvalue weighted by molar-refractivity contribution is 6.05. The second-order valence-electron chi connectivity index (χ2n) is 11.5. The Labute approximate surface area is 251 Å². The number of hydrogen-bond acceptors (Lipinski definition) is 8. The van der Waals surface area contributed by atoms with Crippen molar-refractivity contribution in [2.24, 2.45) is 5.73 Å². The Hall–Kier alpha value is -4.51. The van der Waals surface area contributed by atoms with E-state index in [1.807, 2.05) is 30.3 Å². The molecule has 0 bridgehead atoms. The first-order chi connectivity index (χ1) is 20.9. The van der Waals surface area contributed by atoms with Gasteiger partial charge in [-0.25, -0.2) is 14.8 Å². The molecule has 0 aliphatic carbocycles. The average molecular weight is 583 g/mol. The third kappa shape index (κ3) is 6.61. The van der Waals surface area contributed by atoms with E-state index in [-0.39, 0.29) is 17.6 Å². The van der Waals surface area contributed by atoms with E-state index in [4.69, 9.17) is 10.7 Å². The molecule has 0 saturated carbocycles. The SMILES string of the molecule is NC(=O)c1ncc(N2CCCCC2)nc1Nc1ccc(C2CCN(Cc3ccccc3N3CCC(=O)NC3=O)CC2)cc1. The predicted octanol–water partition coefficient (Wildman–Crippen LogP) is 4.14. The maximum absolute atomic E-state index is 12.4. The second kappa shape index (κ2) is 12.8. The van der Waals surface area contributed by atoms with Crippen molar-refractivity contribution in [3.05, 3.63) is 71.5 Å². The molecule has 3 aliphatic rings. The number of amides is 4. The lowest BCUT2D eigenvalue weighted by molar-refractivity contribution is -0.120. The van der Waals surface area contributed by atoms with Crippen molar-refractivity contribution in [1.82, 2.24) is 20.2 Å². The van der Waals surface area contributed by atoms with Gasteiger partial charge in [0.1, 0.15) is 5.82 Å². The van der Waals surface area contributed by atoms with Crippen LogP contribution in [-0.2, 0) is 11.3 Å². The summed E-state index contributed by atoms with van der Waals surface area (Å²) in [7, 11) is 0. The van der Waals surface area contributed by atoms with Crippen LogP contribution in [0.5, 0.6) is 0 Å². The summed E-state index contributed by atoms with van der Waals surface area (Å²) in [6.07, 6.45) is 7.47. The molecule has 6 rings (SSSR count). The summed E-state index contributed by atoms with van der Waals surface area (Å²) < 4.78 is 0. The summed E-state index contributed by atoms with van der Waals surface area (Å²) in [6.45, 7) is 4.91. The summed E-state index contributed by atoms with van der Waals surface area (Å²) in [5.74, 6) is 0.747. The number of benzene rings is 2. The molecule has 3 fully saturated rings. The van der Waals surface area contributed by atoms with Gasteiger partial charge >= 0.3 is 6.03 Å². The fourth-order valence-electron chi connectivity index (χ4n) is 6.27. The quantitative estimate of drug-likeness (QED) is 0.361. The van der Waals surface area contributed by atoms with Gasteiger partial charge in [0.25, 0.3) is 5.91 Å². The van der Waals surface area contributed by atoms with Gasteiger partial charge < -0.3 is 16.0 Å². The van der Waals surface area contributed by atoms with Gasteiger partial charge in [-0.05, 0) is 80.4 Å². The molecule has 2 aromatic carbocycles. The summed E-state index contributed by atoms with van der Waals surface area (Å²) in [4.78, 5) is 51.5. The first-order valence-corrected chi connectivity index (χ1v) is 15.1. The molecule has 43 heavy (non-hydrogen) atoms. The van der Waals surface area contributed by atoms with Gasteiger partial charge in [0.15, 0.2) is 11.5 Å². The molecule has 11 nitrogen and oxygen atoms in total. The maximum atomic E-state index is 12.4. The second-order valence-corrected chi connectivity index (χ2v) is 11.5. The molecule has 4 N–H and O–H groups in total. The van der Waals surface area contributed by atoms with E-state index < -0.39 is 5.91 Å². The van der Waals surface area contributed by atoms with Gasteiger partial charge in [-0.1, -0.05) is 30.3 Å². The Balaban J connectivity index is 1.07. The molecule has 0 radical (unpaired) electrons. The zero-order chi connectivity index (χ0) is 29.8. The van der Waals surface area contributed by atoms with E-state index in [0.29, 0.717) is 24.7 Å². The van der Waals surface area contributed by atoms with Gasteiger partial charge in [0, 0.05) is 44.0 Å². The van der Waals surface area contributed by atoms with Gasteiger partial charge in [0.2, 0.25) is 5.91 Å². The van der Waals surface area contributed by atoms with Crippen molar-refractivity contribution < 1.29 is 14.4 Å². The van der Waals surface area contributed by atoms with Crippen molar-refractivity contribution in [2.75, 3.05) is 47.8 Å². The van der Waals surface area contributed by atoms with Crippen LogP contribution in [0, 0.1) is 0 Å². The minimum atomic E-state index is -0.611. The first-order valence-electron chi connectivity index (χ1n) is 15.1. The van der Waals surface area contributed by atoms with Crippen LogP contribution in [0.25, 0.3) is 0 Å². The number of para-hydroxylation sites is 1. The monoisotopic (exact) mass is 582 g/mol. The van der Waals surface area contributed by atoms with E-state index in [0.717, 1.165) is 81.2 Å². The lowest BCUT2D eigenvalue weighted by Crippen LogP contribution is -2.50. The first kappa shape index (κ1) is 28.6. The van der Waals surface area contributed by atoms with Crippen LogP contribution in [0.1, 0.15) is 66.1 Å². The van der Waals surface area contributed by atoms with Crippen molar-refractivity contribution in [3.63, 3.8) is 0 Å². The number of nitrogens with two attached hydrogens (primary N) is 1. The molecule has 11 heteroatoms. The summed E-state index contributed by atoms with van der Waals surface area (Å²) in [5.41, 5.74) is 9.80. The fourth-order valence-corrected chi connectivity index (χ4v) is 6.27. The number of likely N-dealkylation sites (tertiary alicyclic amines) is 1. The zero-order valence-corrected chi connectivity index (χ0v) is 24.3. The number of primary amides is 1. The molecule has 0 atom stereocenters. The van der Waals surface area contributed by atoms with Crippen molar-refractivity contribution >= 4 is 40.9 Å². The van der Waals surface area contributed by atoms with Gasteiger partial charge in [0.05, 0.1) is 6.20 Å². The normalized spacial score (nSPS) is 18.4. The fraction of sp³-hybridized carbons (Fsp3) is 0.406. The van der Waals surface area contributed by atoms with Crippen LogP contribution in [0.15, 0.2) is 54.7 Å². The van der Waals surface area contributed by atoms with Gasteiger partial charge in [-0.2, -0.15) is 0 Å². The van der Waals surface area contributed by atoms with Gasteiger partial charge in [-0.15, -0.1) is 0 Å². The standard InChI is InChI=1S/C32H38N8O3/c33-30(42)29-31(36-27(20-34-29)39-15-4-1-5-16-39)35-25-10-8-22(9-11-25)23-12-17-38(18-13-23)21-24-6-2-3-7-26(24)40-19-14-28(41)37-32(40)43/h2-3,6-11,20,23H,1,4-5,12-19,21H2,(H2,33,42)(H,35,36)(H,37,41,43). The third-order valence-corrected chi connectivity index (χ3v) is 8.64. The highest BCUT2D eigenvalue weighted by Gasteiger charge is 2.27. The molecular weight excluding hydrogens is 544 g/mol. The van der Waals surface area contributed by atoms with Crippen molar-refractivity contribution in [3.8, 4) is 0 Å². The predicted molar refractivity (Wildman–Crippen MR) is 166 cm³/mol. The number of rotatable bonds is 8. The number of anilines is 4. The molecule has 3 aromatic rings. The Morgan fingerprint density at radius 1 is 0.953 bits per heavy atom. The van der Waals surface area contributed by atoms with Crippen LogP contribution < -0.4 is 26.2 Å². The highest BCUT2D eigenvalue weighted by atomic mass is 16.2. The zero-order valence-electron chi connectivity index (χ0n) is 24.3. The third-order valence-electron chi connectivity index (χ3n) is 8.64. The van der Waals surface area contributed by atoms with Crippen LogP contribution >= 0.6 is 0 Å². The number of nitrogens with one attached hydrogen (secondary N) is 2. The van der Waals surface area contributed by atoms with Crippen LogP contribution in [0.4, 0.5) is 27.8 Å². The number of carbonyl (C=O) groups is 3. The molecule has 4 heterocycles. The number of aromatic nitrogens is 2. The number of urea groups is 1. The number of piperidine rings is 2. The average Bonchev–Trinajstić information content (AvgIpc) is 3.03. The molecule has 0 unspecified atom stereocenters. The molecule has 0 spiro atoms. The van der Waals surface area contributed by atoms with E-state index in [1.54, 1.807) is 11.1 Å². The summed E-state index contributed by atoms with van der Waals surface area (Å²) in [6, 6.07) is 15.9. The maximum Gasteiger partial charge on any atom is 0.328 e. The van der Waals surface area contributed by atoms with Gasteiger partial charge in [-0.3, -0.25) is 24.7 Å². The number of carbonyl (C=O) groups excluding carboxylic acids is 3. The molecule has 224 valence electrons. The summed E-state index contributed by atoms with van der Waals surface area (Å²) >= 11 is 0. The van der Waals surface area contributed by atoms with Crippen LogP contribution in [0.2, 0.25) is 0 Å². The molecule has 3 aliphatic heterocycles. The Bertz CT molecular complexity index is 1480. The lowest BCUT2D eigenvalue weighted by Gasteiger charge is -2.34.